The summed E-state index contributed by atoms with van der Waals surface area (Å²) in [5, 5.41) is 13.2. The molecule has 0 atom stereocenters. The average Bonchev–Trinajstić information content (AvgIpc) is 3.17. The molecule has 0 unspecified atom stereocenters. The molecule has 5 aromatic rings. The van der Waals surface area contributed by atoms with Gasteiger partial charge in [0.15, 0.2) is 0 Å². The predicted octanol–water partition coefficient (Wildman–Crippen LogP) is 8.24. The van der Waals surface area contributed by atoms with Gasteiger partial charge in [0, 0.05) is 26.4 Å². The zero-order valence-electron chi connectivity index (χ0n) is 18.4. The molecule has 4 heteroatoms. The molecule has 3 aromatic heterocycles. The van der Waals surface area contributed by atoms with Crippen LogP contribution < -0.4 is 0 Å². The second-order valence-corrected chi connectivity index (χ2v) is 11.9. The highest BCUT2D eigenvalue weighted by atomic mass is 32.2. The van der Waals surface area contributed by atoms with E-state index in [2.05, 4.69) is 88.1 Å². The van der Waals surface area contributed by atoms with Crippen LogP contribution in [0.25, 0.3) is 40.8 Å². The Kier molecular flexibility index (Phi) is 4.49. The number of aromatic nitrogens is 2. The minimum absolute atomic E-state index is 0.269. The molecule has 3 heterocycles. The zero-order chi connectivity index (χ0) is 21.2. The van der Waals surface area contributed by atoms with Crippen molar-refractivity contribution in [3.63, 3.8) is 0 Å². The zero-order valence-corrected chi connectivity index (χ0v) is 20.0. The van der Waals surface area contributed by atoms with Crippen molar-refractivity contribution in [3.05, 3.63) is 58.8 Å². The predicted molar refractivity (Wildman–Crippen MR) is 133 cm³/mol. The molecule has 152 valence electrons. The van der Waals surface area contributed by atoms with Gasteiger partial charge in [-0.3, -0.25) is 0 Å². The maximum atomic E-state index is 4.64. The highest BCUT2D eigenvalue weighted by molar-refractivity contribution is 7.44. The fourth-order valence-corrected chi connectivity index (χ4v) is 7.29. The van der Waals surface area contributed by atoms with Crippen LogP contribution >= 0.6 is 22.7 Å². The average molecular weight is 431 g/mol. The first-order chi connectivity index (χ1) is 14.2. The van der Waals surface area contributed by atoms with E-state index in [-0.39, 0.29) is 5.41 Å². The minimum atomic E-state index is 0.269. The maximum Gasteiger partial charge on any atom is 0.111 e. The van der Waals surface area contributed by atoms with Crippen molar-refractivity contribution in [2.45, 2.75) is 48.0 Å². The molecule has 0 amide bonds. The molecule has 0 N–H and O–H groups in total. The van der Waals surface area contributed by atoms with Crippen LogP contribution in [0, 0.1) is 26.2 Å². The van der Waals surface area contributed by atoms with Crippen LogP contribution in [-0.2, 0) is 6.42 Å². The molecule has 2 aromatic carbocycles. The summed E-state index contributed by atoms with van der Waals surface area (Å²) in [4.78, 5) is 0. The molecule has 0 saturated heterocycles. The molecule has 0 bridgehead atoms. The number of nitrogens with zero attached hydrogens (tertiary/aromatic N) is 2. The van der Waals surface area contributed by atoms with Crippen molar-refractivity contribution >= 4 is 52.2 Å². The maximum absolute atomic E-state index is 4.64. The van der Waals surface area contributed by atoms with Crippen LogP contribution in [0.3, 0.4) is 0 Å². The summed E-state index contributed by atoms with van der Waals surface area (Å²) in [6.45, 7) is 13.3. The third-order valence-electron chi connectivity index (χ3n) is 5.53. The van der Waals surface area contributed by atoms with E-state index in [4.69, 9.17) is 0 Å². The van der Waals surface area contributed by atoms with Crippen LogP contribution in [0.15, 0.2) is 36.4 Å². The second kappa shape index (κ2) is 6.86. The number of fused-ring (bicyclic) bond motifs is 5. The minimum Gasteiger partial charge on any atom is -0.155 e. The molecule has 30 heavy (non-hydrogen) atoms. The van der Waals surface area contributed by atoms with E-state index in [0.29, 0.717) is 0 Å². The first-order valence-electron chi connectivity index (χ1n) is 10.4. The molecule has 2 nitrogen and oxygen atoms in total. The largest absolute Gasteiger partial charge is 0.155 e. The lowest BCUT2D eigenvalue weighted by Gasteiger charge is -2.18. The van der Waals surface area contributed by atoms with Crippen LogP contribution in [0.4, 0.5) is 0 Å². The van der Waals surface area contributed by atoms with Gasteiger partial charge in [-0.1, -0.05) is 56.2 Å². The van der Waals surface area contributed by atoms with Gasteiger partial charge >= 0.3 is 0 Å². The number of benzene rings is 2. The first kappa shape index (κ1) is 19.7. The van der Waals surface area contributed by atoms with Gasteiger partial charge in [-0.25, -0.2) is 0 Å². The van der Waals surface area contributed by atoms with E-state index in [1.165, 1.54) is 46.3 Å². The highest BCUT2D eigenvalue weighted by Crippen LogP contribution is 2.48. The smallest absolute Gasteiger partial charge is 0.111 e. The van der Waals surface area contributed by atoms with Gasteiger partial charge < -0.3 is 0 Å². The summed E-state index contributed by atoms with van der Waals surface area (Å²) in [5.41, 5.74) is 7.44. The normalized spacial score (nSPS) is 12.5. The molecule has 0 aliphatic heterocycles. The Morgan fingerprint density at radius 2 is 1.53 bits per heavy atom. The standard InChI is InChI=1S/C26H26N2S2/c1-14-10-15(2)12-18(11-14)22-24-20(16(3)27-28-22)21-19-9-7-8-17(13-26(4,5)6)23(19)29-25(21)30-24/h7-12H,13H2,1-6H3. The number of thiophene rings is 2. The molecular formula is C26H26N2S2. The fraction of sp³-hybridized carbons (Fsp3) is 0.308. The molecule has 5 rings (SSSR count). The topological polar surface area (TPSA) is 25.8 Å². The van der Waals surface area contributed by atoms with Crippen molar-refractivity contribution in [3.8, 4) is 11.3 Å². The Hall–Kier alpha value is -2.30. The highest BCUT2D eigenvalue weighted by Gasteiger charge is 2.21. The number of hydrogen-bond acceptors (Lipinski definition) is 4. The molecule has 0 aliphatic rings. The van der Waals surface area contributed by atoms with Crippen LogP contribution in [-0.4, -0.2) is 10.2 Å². The lowest BCUT2D eigenvalue weighted by Crippen LogP contribution is -2.08. The summed E-state index contributed by atoms with van der Waals surface area (Å²) in [5.74, 6) is 0. The Bertz CT molecular complexity index is 1410. The Morgan fingerprint density at radius 1 is 0.833 bits per heavy atom. The SMILES string of the molecule is Cc1cc(C)cc(-c2nnc(C)c3c2sc2sc4c(CC(C)(C)C)cccc4c23)c1. The van der Waals surface area contributed by atoms with Gasteiger partial charge in [0.1, 0.15) is 5.69 Å². The van der Waals surface area contributed by atoms with Crippen molar-refractivity contribution < 1.29 is 0 Å². The van der Waals surface area contributed by atoms with Gasteiger partial charge in [0.25, 0.3) is 0 Å². The van der Waals surface area contributed by atoms with Crippen molar-refractivity contribution in [2.24, 2.45) is 5.41 Å². The van der Waals surface area contributed by atoms with Gasteiger partial charge in [-0.2, -0.15) is 5.10 Å². The van der Waals surface area contributed by atoms with Crippen molar-refractivity contribution in [1.29, 1.82) is 0 Å². The Labute approximate surface area is 185 Å². The number of rotatable bonds is 2. The molecule has 0 aliphatic carbocycles. The first-order valence-corrected chi connectivity index (χ1v) is 12.0. The van der Waals surface area contributed by atoms with Crippen molar-refractivity contribution in [1.82, 2.24) is 10.2 Å². The molecule has 0 fully saturated rings. The lowest BCUT2D eigenvalue weighted by molar-refractivity contribution is 0.413. The summed E-state index contributed by atoms with van der Waals surface area (Å²) in [7, 11) is 0. The van der Waals surface area contributed by atoms with Crippen LogP contribution in [0.5, 0.6) is 0 Å². The summed E-state index contributed by atoms with van der Waals surface area (Å²) >= 11 is 3.81. The van der Waals surface area contributed by atoms with E-state index in [9.17, 15) is 0 Å². The van der Waals surface area contributed by atoms with Crippen LogP contribution in [0.1, 0.15) is 43.2 Å². The van der Waals surface area contributed by atoms with Gasteiger partial charge in [0.05, 0.1) is 14.4 Å². The lowest BCUT2D eigenvalue weighted by atomic mass is 9.88. The van der Waals surface area contributed by atoms with Crippen molar-refractivity contribution in [2.75, 3.05) is 0 Å². The Balaban J connectivity index is 1.83. The van der Waals surface area contributed by atoms with E-state index >= 15 is 0 Å². The molecule has 0 saturated carbocycles. The number of hydrogen-bond donors (Lipinski definition) is 0. The third-order valence-corrected chi connectivity index (χ3v) is 8.10. The van der Waals surface area contributed by atoms with E-state index in [1.807, 2.05) is 22.7 Å². The second-order valence-electron chi connectivity index (χ2n) is 9.61. The molecule has 0 spiro atoms. The van der Waals surface area contributed by atoms with E-state index < -0.39 is 0 Å². The van der Waals surface area contributed by atoms with Gasteiger partial charge in [0.2, 0.25) is 0 Å². The monoisotopic (exact) mass is 430 g/mol. The Morgan fingerprint density at radius 3 is 2.23 bits per heavy atom. The van der Waals surface area contributed by atoms with Gasteiger partial charge in [-0.15, -0.1) is 27.8 Å². The van der Waals surface area contributed by atoms with E-state index in [0.717, 1.165) is 23.4 Å². The van der Waals surface area contributed by atoms with Crippen LogP contribution in [0.2, 0.25) is 0 Å². The third kappa shape index (κ3) is 3.23. The quantitative estimate of drug-likeness (QED) is 0.282. The summed E-state index contributed by atoms with van der Waals surface area (Å²) < 4.78 is 4.07. The number of aryl methyl sites for hydroxylation is 3. The fourth-order valence-electron chi connectivity index (χ4n) is 4.46. The summed E-state index contributed by atoms with van der Waals surface area (Å²) in [6, 6.07) is 13.4. The molecule has 0 radical (unpaired) electrons. The van der Waals surface area contributed by atoms with E-state index in [1.54, 1.807) is 0 Å². The summed E-state index contributed by atoms with van der Waals surface area (Å²) in [6.07, 6.45) is 1.09. The van der Waals surface area contributed by atoms with Gasteiger partial charge in [-0.05, 0) is 50.3 Å². The molecular weight excluding hydrogens is 404 g/mol.